The lowest BCUT2D eigenvalue weighted by Crippen LogP contribution is -2.06. The molecule has 0 saturated carbocycles. The van der Waals surface area contributed by atoms with Gasteiger partial charge in [-0.2, -0.15) is 21.6 Å². The van der Waals surface area contributed by atoms with E-state index in [2.05, 4.69) is 9.70 Å². The first-order chi connectivity index (χ1) is 9.18. The molecular formula is C11H23F4NO3S. The van der Waals surface area contributed by atoms with Crippen LogP contribution in [0.1, 0.15) is 44.9 Å². The van der Waals surface area contributed by atoms with Gasteiger partial charge in [-0.15, -0.1) is 0 Å². The second kappa shape index (κ2) is 12.3. The summed E-state index contributed by atoms with van der Waals surface area (Å²) in [7, 11) is -0.302. The molecule has 0 unspecified atom stereocenters. The van der Waals surface area contributed by atoms with Crippen molar-refractivity contribution in [3.63, 3.8) is 0 Å². The number of hydrogen-bond donors (Lipinski definition) is 1. The molecule has 0 amide bonds. The molecule has 0 aliphatic carbocycles. The third-order valence-electron chi connectivity index (χ3n) is 2.20. The quantitative estimate of drug-likeness (QED) is 0.522. The van der Waals surface area contributed by atoms with Crippen molar-refractivity contribution in [3.05, 3.63) is 0 Å². The molecule has 0 saturated heterocycles. The fourth-order valence-corrected chi connectivity index (χ4v) is 1.96. The molecule has 0 atom stereocenters. The van der Waals surface area contributed by atoms with Crippen molar-refractivity contribution in [2.75, 3.05) is 19.8 Å². The minimum atomic E-state index is -4.10. The number of unbranched alkanes of at least 4 members (excludes halogenated alkanes) is 5. The summed E-state index contributed by atoms with van der Waals surface area (Å²) < 4.78 is 70.4. The lowest BCUT2D eigenvalue weighted by atomic mass is 10.1. The Hall–Kier alpha value is -0.410. The predicted octanol–water partition coefficient (Wildman–Crippen LogP) is 3.35. The fourth-order valence-electron chi connectivity index (χ4n) is 1.34. The Morgan fingerprint density at radius 1 is 0.950 bits per heavy atom. The first kappa shape index (κ1) is 21.9. The monoisotopic (exact) mass is 325 g/mol. The van der Waals surface area contributed by atoms with Gasteiger partial charge < -0.3 is 5.32 Å². The number of rotatable bonds is 9. The molecule has 1 N–H and O–H groups in total. The predicted molar refractivity (Wildman–Crippen MR) is 69.3 cm³/mol. The van der Waals surface area contributed by atoms with E-state index in [-0.39, 0.29) is 12.8 Å². The number of hydrogen-bond acceptors (Lipinski definition) is 4. The highest BCUT2D eigenvalue weighted by Gasteiger charge is 2.25. The van der Waals surface area contributed by atoms with Gasteiger partial charge in [0.2, 0.25) is 0 Å². The Morgan fingerprint density at radius 2 is 1.35 bits per heavy atom. The Kier molecular flexibility index (Phi) is 13.5. The Morgan fingerprint density at radius 3 is 1.75 bits per heavy atom. The van der Waals surface area contributed by atoms with Gasteiger partial charge in [-0.25, -0.2) is 0 Å². The molecule has 0 aliphatic rings. The highest BCUT2D eigenvalue weighted by Crippen LogP contribution is 2.23. The minimum absolute atomic E-state index is 0.0926. The van der Waals surface area contributed by atoms with Crippen molar-refractivity contribution in [3.8, 4) is 0 Å². The smallest absolute Gasteiger partial charge is 0.323 e. The summed E-state index contributed by atoms with van der Waals surface area (Å²) in [5, 5.41) is 2.75. The Labute approximate surface area is 117 Å². The molecule has 0 spiro atoms. The molecule has 0 heterocycles. The maximum atomic E-state index is 11.7. The van der Waals surface area contributed by atoms with Gasteiger partial charge in [0.15, 0.2) is 0 Å². The van der Waals surface area contributed by atoms with Gasteiger partial charge in [-0.05, 0) is 31.5 Å². The van der Waals surface area contributed by atoms with Gasteiger partial charge in [0.05, 0.1) is 5.75 Å². The molecule has 124 valence electrons. The number of halogens is 4. The molecular weight excluding hydrogens is 302 g/mol. The van der Waals surface area contributed by atoms with E-state index in [9.17, 15) is 26.1 Å². The summed E-state index contributed by atoms with van der Waals surface area (Å²) >= 11 is 0. The lowest BCUT2D eigenvalue weighted by Gasteiger charge is -2.05. The summed E-state index contributed by atoms with van der Waals surface area (Å²) in [5.74, 6) is -0.397. The topological polar surface area (TPSA) is 55.4 Å². The van der Waals surface area contributed by atoms with Crippen molar-refractivity contribution in [2.45, 2.75) is 51.1 Å². The van der Waals surface area contributed by atoms with Crippen molar-refractivity contribution in [2.24, 2.45) is 0 Å². The van der Waals surface area contributed by atoms with Crippen LogP contribution in [0.25, 0.3) is 0 Å². The second-order valence-corrected chi connectivity index (χ2v) is 5.96. The van der Waals surface area contributed by atoms with Crippen LogP contribution in [0.5, 0.6) is 0 Å². The van der Waals surface area contributed by atoms with Gasteiger partial charge in [-0.3, -0.25) is 0 Å². The van der Waals surface area contributed by atoms with Crippen molar-refractivity contribution >= 4 is 10.1 Å². The average molecular weight is 325 g/mol. The van der Waals surface area contributed by atoms with E-state index in [0.29, 0.717) is 25.7 Å². The average Bonchev–Trinajstić information content (AvgIpc) is 2.32. The van der Waals surface area contributed by atoms with E-state index in [4.69, 9.17) is 0 Å². The van der Waals surface area contributed by atoms with Crippen LogP contribution in [0.2, 0.25) is 0 Å². The van der Waals surface area contributed by atoms with E-state index in [1.807, 2.05) is 14.1 Å². The maximum absolute atomic E-state index is 11.7. The van der Waals surface area contributed by atoms with E-state index in [1.165, 1.54) is 0 Å². The summed E-state index contributed by atoms with van der Waals surface area (Å²) in [5.41, 5.74) is 0. The SMILES string of the molecule is CNC.O=S(=O)(CCCCCCCCC(F)(F)F)OF. The van der Waals surface area contributed by atoms with Crippen LogP contribution in [-0.2, 0) is 14.5 Å². The van der Waals surface area contributed by atoms with Crippen molar-refractivity contribution in [1.29, 1.82) is 0 Å². The van der Waals surface area contributed by atoms with Crippen molar-refractivity contribution in [1.82, 2.24) is 5.32 Å². The molecule has 0 bridgehead atoms. The first-order valence-corrected chi connectivity index (χ1v) is 7.94. The molecule has 0 aromatic rings. The van der Waals surface area contributed by atoms with Gasteiger partial charge in [-0.1, -0.05) is 30.1 Å². The Bertz CT molecular complexity index is 307. The van der Waals surface area contributed by atoms with Gasteiger partial charge in [0.1, 0.15) is 0 Å². The summed E-state index contributed by atoms with van der Waals surface area (Å²) in [6, 6.07) is 0. The standard InChI is InChI=1S/C9H16F4O3S.C2H7N/c10-9(11,12)7-5-3-1-2-4-6-8-17(14,15)16-13;1-3-2/h1-8H2;3H,1-2H3. The molecule has 0 rings (SSSR count). The zero-order valence-corrected chi connectivity index (χ0v) is 12.6. The van der Waals surface area contributed by atoms with E-state index in [0.717, 1.165) is 0 Å². The molecule has 9 heteroatoms. The first-order valence-electron chi connectivity index (χ1n) is 6.36. The lowest BCUT2D eigenvalue weighted by molar-refractivity contribution is -0.135. The Balaban J connectivity index is 0. The van der Waals surface area contributed by atoms with Crippen LogP contribution in [-0.4, -0.2) is 34.4 Å². The zero-order chi connectivity index (χ0) is 16.1. The normalized spacial score (nSPS) is 11.9. The highest BCUT2D eigenvalue weighted by molar-refractivity contribution is 7.86. The van der Waals surface area contributed by atoms with Gasteiger partial charge >= 0.3 is 6.18 Å². The summed E-state index contributed by atoms with van der Waals surface area (Å²) in [4.78, 5) is 0. The molecule has 0 aliphatic heterocycles. The largest absolute Gasteiger partial charge is 0.389 e. The minimum Gasteiger partial charge on any atom is -0.323 e. The van der Waals surface area contributed by atoms with E-state index < -0.39 is 28.5 Å². The zero-order valence-electron chi connectivity index (χ0n) is 11.8. The van der Waals surface area contributed by atoms with E-state index in [1.54, 1.807) is 0 Å². The molecule has 20 heavy (non-hydrogen) atoms. The molecule has 0 aromatic carbocycles. The number of nitrogens with one attached hydrogen (secondary N) is 1. The third-order valence-corrected chi connectivity index (χ3v) is 3.18. The van der Waals surface area contributed by atoms with Gasteiger partial charge in [0.25, 0.3) is 10.1 Å². The summed E-state index contributed by atoms with van der Waals surface area (Å²) in [6.07, 6.45) is -2.28. The highest BCUT2D eigenvalue weighted by atomic mass is 32.2. The van der Waals surface area contributed by atoms with E-state index >= 15 is 0 Å². The van der Waals surface area contributed by atoms with Crippen LogP contribution >= 0.6 is 0 Å². The van der Waals surface area contributed by atoms with Gasteiger partial charge in [0, 0.05) is 6.42 Å². The van der Waals surface area contributed by atoms with Crippen molar-refractivity contribution < 1.29 is 30.5 Å². The molecule has 4 nitrogen and oxygen atoms in total. The second-order valence-electron chi connectivity index (χ2n) is 4.31. The van der Waals surface area contributed by atoms with Crippen LogP contribution in [0.4, 0.5) is 17.7 Å². The van der Waals surface area contributed by atoms with Crippen LogP contribution in [0.3, 0.4) is 0 Å². The third kappa shape index (κ3) is 19.9. The fraction of sp³-hybridized carbons (Fsp3) is 1.00. The van der Waals surface area contributed by atoms with Crippen LogP contribution in [0.15, 0.2) is 0 Å². The molecule has 0 aromatic heterocycles. The molecule has 0 radical (unpaired) electrons. The van der Waals surface area contributed by atoms with Crippen LogP contribution in [0, 0.1) is 0 Å². The summed E-state index contributed by atoms with van der Waals surface area (Å²) in [6.45, 7) is 0. The maximum Gasteiger partial charge on any atom is 0.389 e. The number of alkyl halides is 3. The van der Waals surface area contributed by atoms with Crippen LogP contribution < -0.4 is 5.32 Å². The molecule has 0 fully saturated rings.